The Labute approximate surface area is 106 Å². The number of Topliss-reactive ketones (excluding diaryl/α,β-unsaturated/α-hetero) is 1. The molecule has 19 heavy (non-hydrogen) atoms. The highest BCUT2D eigenvalue weighted by Crippen LogP contribution is 2.37. The van der Waals surface area contributed by atoms with E-state index in [1.807, 2.05) is 0 Å². The second-order valence-corrected chi connectivity index (χ2v) is 3.88. The van der Waals surface area contributed by atoms with Crippen molar-refractivity contribution in [2.75, 3.05) is 6.61 Å². The predicted octanol–water partition coefficient (Wildman–Crippen LogP) is 3.86. The molecule has 0 saturated carbocycles. The number of hydrogen-bond acceptors (Lipinski definition) is 2. The molecule has 0 fully saturated rings. The number of ketones is 1. The highest BCUT2D eigenvalue weighted by atomic mass is 19.4. The maximum absolute atomic E-state index is 12.6. The standard InChI is InChI=1S/C12H11F5O2/c1-8(18)9-2-4-10(5-3-9)19-7-6-11(13,14)12(15,16)17/h2-5H,6-7H2,1H3. The second-order valence-electron chi connectivity index (χ2n) is 3.88. The molecule has 0 aromatic heterocycles. The van der Waals surface area contributed by atoms with E-state index in [2.05, 4.69) is 0 Å². The molecule has 0 N–H and O–H groups in total. The number of alkyl halides is 5. The molecule has 0 unspecified atom stereocenters. The summed E-state index contributed by atoms with van der Waals surface area (Å²) in [5.74, 6) is -4.83. The molecule has 0 saturated heterocycles. The van der Waals surface area contributed by atoms with E-state index in [9.17, 15) is 26.7 Å². The van der Waals surface area contributed by atoms with Crippen LogP contribution in [0.4, 0.5) is 22.0 Å². The largest absolute Gasteiger partial charge is 0.493 e. The SMILES string of the molecule is CC(=O)c1ccc(OCCC(F)(F)C(F)(F)F)cc1. The summed E-state index contributed by atoms with van der Waals surface area (Å²) in [5, 5.41) is 0. The monoisotopic (exact) mass is 282 g/mol. The molecule has 1 aromatic rings. The van der Waals surface area contributed by atoms with Gasteiger partial charge in [-0.3, -0.25) is 4.79 Å². The first-order valence-electron chi connectivity index (χ1n) is 5.32. The molecule has 0 aliphatic heterocycles. The van der Waals surface area contributed by atoms with E-state index < -0.39 is 25.1 Å². The van der Waals surface area contributed by atoms with Gasteiger partial charge in [0, 0.05) is 5.56 Å². The zero-order valence-electron chi connectivity index (χ0n) is 9.93. The van der Waals surface area contributed by atoms with Crippen molar-refractivity contribution >= 4 is 5.78 Å². The zero-order valence-corrected chi connectivity index (χ0v) is 9.93. The van der Waals surface area contributed by atoms with Crippen molar-refractivity contribution in [2.24, 2.45) is 0 Å². The number of ether oxygens (including phenoxy) is 1. The second kappa shape index (κ2) is 5.54. The molecule has 1 aromatic carbocycles. The third-order valence-corrected chi connectivity index (χ3v) is 2.36. The van der Waals surface area contributed by atoms with Gasteiger partial charge in [0.2, 0.25) is 0 Å². The lowest BCUT2D eigenvalue weighted by Gasteiger charge is -2.19. The van der Waals surface area contributed by atoms with Crippen LogP contribution >= 0.6 is 0 Å². The van der Waals surface area contributed by atoms with Crippen LogP contribution in [0.25, 0.3) is 0 Å². The molecule has 0 radical (unpaired) electrons. The first kappa shape index (κ1) is 15.4. The van der Waals surface area contributed by atoms with Crippen LogP contribution in [0.5, 0.6) is 5.75 Å². The van der Waals surface area contributed by atoms with Crippen LogP contribution < -0.4 is 4.74 Å². The Hall–Kier alpha value is -1.66. The molecule has 106 valence electrons. The van der Waals surface area contributed by atoms with Crippen molar-refractivity contribution in [1.29, 1.82) is 0 Å². The van der Waals surface area contributed by atoms with Crippen LogP contribution in [0.2, 0.25) is 0 Å². The predicted molar refractivity (Wildman–Crippen MR) is 57.6 cm³/mol. The summed E-state index contributed by atoms with van der Waals surface area (Å²) in [5.41, 5.74) is 0.396. The molecule has 0 bridgehead atoms. The Kier molecular flexibility index (Phi) is 4.49. The van der Waals surface area contributed by atoms with Gasteiger partial charge in [0.15, 0.2) is 5.78 Å². The molecule has 0 aliphatic carbocycles. The molecule has 0 atom stereocenters. The fraction of sp³-hybridized carbons (Fsp3) is 0.417. The third-order valence-electron chi connectivity index (χ3n) is 2.36. The van der Waals surface area contributed by atoms with Gasteiger partial charge in [-0.25, -0.2) is 0 Å². The molecular formula is C12H11F5O2. The summed E-state index contributed by atoms with van der Waals surface area (Å²) in [6.45, 7) is 0.575. The van der Waals surface area contributed by atoms with Crippen LogP contribution in [0.3, 0.4) is 0 Å². The van der Waals surface area contributed by atoms with Crippen molar-refractivity contribution in [1.82, 2.24) is 0 Å². The molecule has 0 aliphatic rings. The van der Waals surface area contributed by atoms with E-state index in [0.717, 1.165) is 0 Å². The van der Waals surface area contributed by atoms with Crippen molar-refractivity contribution in [3.8, 4) is 5.75 Å². The van der Waals surface area contributed by atoms with E-state index in [1.54, 1.807) is 0 Å². The normalized spacial score (nSPS) is 12.3. The minimum atomic E-state index is -5.57. The van der Waals surface area contributed by atoms with E-state index in [-0.39, 0.29) is 11.5 Å². The Morgan fingerprint density at radius 3 is 2.05 bits per heavy atom. The molecule has 0 amide bonds. The van der Waals surface area contributed by atoms with Crippen LogP contribution in [0.15, 0.2) is 24.3 Å². The lowest BCUT2D eigenvalue weighted by atomic mass is 10.1. The minimum Gasteiger partial charge on any atom is -0.493 e. The molecule has 1 rings (SSSR count). The molecule has 7 heteroatoms. The minimum absolute atomic E-state index is 0.128. The first-order valence-corrected chi connectivity index (χ1v) is 5.32. The van der Waals surface area contributed by atoms with Gasteiger partial charge in [0.25, 0.3) is 0 Å². The quantitative estimate of drug-likeness (QED) is 0.605. The topological polar surface area (TPSA) is 26.3 Å². The summed E-state index contributed by atoms with van der Waals surface area (Å²) in [4.78, 5) is 10.9. The first-order chi connectivity index (χ1) is 8.63. The summed E-state index contributed by atoms with van der Waals surface area (Å²) in [7, 11) is 0. The van der Waals surface area contributed by atoms with Gasteiger partial charge in [0.05, 0.1) is 13.0 Å². The van der Waals surface area contributed by atoms with Crippen molar-refractivity contribution in [3.63, 3.8) is 0 Å². The maximum Gasteiger partial charge on any atom is 0.453 e. The van der Waals surface area contributed by atoms with E-state index in [0.29, 0.717) is 5.56 Å². The summed E-state index contributed by atoms with van der Waals surface area (Å²) in [6.07, 6.45) is -7.03. The fourth-order valence-corrected chi connectivity index (χ4v) is 1.22. The number of halogens is 5. The molecule has 0 heterocycles. The van der Waals surface area contributed by atoms with E-state index >= 15 is 0 Å². The Bertz CT molecular complexity index is 436. The van der Waals surface area contributed by atoms with E-state index in [1.165, 1.54) is 31.2 Å². The molecule has 2 nitrogen and oxygen atoms in total. The van der Waals surface area contributed by atoms with Crippen LogP contribution in [0.1, 0.15) is 23.7 Å². The van der Waals surface area contributed by atoms with Gasteiger partial charge in [-0.05, 0) is 31.2 Å². The summed E-state index contributed by atoms with van der Waals surface area (Å²) >= 11 is 0. The highest BCUT2D eigenvalue weighted by molar-refractivity contribution is 5.94. The van der Waals surface area contributed by atoms with Crippen LogP contribution in [0, 0.1) is 0 Å². The van der Waals surface area contributed by atoms with Gasteiger partial charge in [-0.15, -0.1) is 0 Å². The molecular weight excluding hydrogens is 271 g/mol. The Morgan fingerprint density at radius 1 is 1.11 bits per heavy atom. The highest BCUT2D eigenvalue weighted by Gasteiger charge is 2.56. The lowest BCUT2D eigenvalue weighted by Crippen LogP contribution is -2.37. The number of rotatable bonds is 5. The molecule has 0 spiro atoms. The lowest BCUT2D eigenvalue weighted by molar-refractivity contribution is -0.285. The van der Waals surface area contributed by atoms with Gasteiger partial charge in [-0.2, -0.15) is 22.0 Å². The van der Waals surface area contributed by atoms with Crippen LogP contribution in [-0.2, 0) is 0 Å². The van der Waals surface area contributed by atoms with Gasteiger partial charge >= 0.3 is 12.1 Å². The van der Waals surface area contributed by atoms with Gasteiger partial charge in [0.1, 0.15) is 5.75 Å². The van der Waals surface area contributed by atoms with Gasteiger partial charge < -0.3 is 4.74 Å². The maximum atomic E-state index is 12.6. The Morgan fingerprint density at radius 2 is 1.63 bits per heavy atom. The Balaban J connectivity index is 2.52. The van der Waals surface area contributed by atoms with Crippen molar-refractivity contribution in [2.45, 2.75) is 25.4 Å². The van der Waals surface area contributed by atoms with Crippen molar-refractivity contribution in [3.05, 3.63) is 29.8 Å². The number of carbonyl (C=O) groups is 1. The van der Waals surface area contributed by atoms with E-state index in [4.69, 9.17) is 4.74 Å². The number of benzene rings is 1. The third kappa shape index (κ3) is 4.18. The van der Waals surface area contributed by atoms with Crippen molar-refractivity contribution < 1.29 is 31.5 Å². The summed E-state index contributed by atoms with van der Waals surface area (Å²) < 4.78 is 65.5. The average molecular weight is 282 g/mol. The van der Waals surface area contributed by atoms with Gasteiger partial charge in [-0.1, -0.05) is 0 Å². The average Bonchev–Trinajstić information content (AvgIpc) is 2.28. The zero-order chi connectivity index (χ0) is 14.7. The summed E-state index contributed by atoms with van der Waals surface area (Å²) in [6, 6.07) is 5.48. The smallest absolute Gasteiger partial charge is 0.453 e. The number of carbonyl (C=O) groups excluding carboxylic acids is 1. The fourth-order valence-electron chi connectivity index (χ4n) is 1.22. The van der Waals surface area contributed by atoms with Crippen LogP contribution in [-0.4, -0.2) is 24.5 Å². The number of hydrogen-bond donors (Lipinski definition) is 0.